The predicted molar refractivity (Wildman–Crippen MR) is 122 cm³/mol. The molecule has 0 unspecified atom stereocenters. The first-order valence-electron chi connectivity index (χ1n) is 9.84. The van der Waals surface area contributed by atoms with Crippen LogP contribution in [0.15, 0.2) is 54.6 Å². The van der Waals surface area contributed by atoms with Gasteiger partial charge in [-0.1, -0.05) is 30.3 Å². The normalized spacial score (nSPS) is 12.0. The highest BCUT2D eigenvalue weighted by atomic mass is 32.2. The van der Waals surface area contributed by atoms with Crippen molar-refractivity contribution >= 4 is 29.4 Å². The topological polar surface area (TPSA) is 76.7 Å². The number of nitrogens with one attached hydrogen (secondary N) is 2. The quantitative estimate of drug-likeness (QED) is 0.595. The fourth-order valence-corrected chi connectivity index (χ4v) is 3.20. The van der Waals surface area contributed by atoms with Gasteiger partial charge in [0, 0.05) is 12.2 Å². The summed E-state index contributed by atoms with van der Waals surface area (Å²) in [5.74, 6) is 0.631. The number of hydrogen-bond acceptors (Lipinski definition) is 5. The molecule has 162 valence electrons. The van der Waals surface area contributed by atoms with E-state index in [2.05, 4.69) is 10.6 Å². The van der Waals surface area contributed by atoms with Crippen molar-refractivity contribution in [2.24, 2.45) is 0 Å². The third-order valence-electron chi connectivity index (χ3n) is 4.02. The molecule has 0 spiro atoms. The first kappa shape index (κ1) is 23.6. The van der Waals surface area contributed by atoms with Gasteiger partial charge >= 0.3 is 6.09 Å². The highest BCUT2D eigenvalue weighted by Crippen LogP contribution is 2.19. The minimum absolute atomic E-state index is 0.105. The molecule has 1 atom stereocenters. The van der Waals surface area contributed by atoms with Gasteiger partial charge in [-0.05, 0) is 63.3 Å². The number of rotatable bonds is 9. The van der Waals surface area contributed by atoms with E-state index in [1.54, 1.807) is 0 Å². The number of alkyl carbamates (subject to hydrolysis) is 1. The van der Waals surface area contributed by atoms with Crippen LogP contribution in [-0.2, 0) is 16.1 Å². The molecule has 2 aromatic carbocycles. The molecule has 0 bridgehead atoms. The van der Waals surface area contributed by atoms with Crippen molar-refractivity contribution in [3.05, 3.63) is 60.2 Å². The molecule has 0 heterocycles. The summed E-state index contributed by atoms with van der Waals surface area (Å²) in [7, 11) is 0. The number of carbonyl (C=O) groups is 2. The smallest absolute Gasteiger partial charge is 0.407 e. The number of benzene rings is 2. The Morgan fingerprint density at radius 3 is 2.30 bits per heavy atom. The summed E-state index contributed by atoms with van der Waals surface area (Å²) in [6.07, 6.45) is 1.90. The second kappa shape index (κ2) is 11.5. The summed E-state index contributed by atoms with van der Waals surface area (Å²) >= 11 is 1.44. The first-order valence-corrected chi connectivity index (χ1v) is 11.1. The van der Waals surface area contributed by atoms with Crippen LogP contribution in [0.3, 0.4) is 0 Å². The third-order valence-corrected chi connectivity index (χ3v) is 5.04. The van der Waals surface area contributed by atoms with Gasteiger partial charge in [0.25, 0.3) is 0 Å². The van der Waals surface area contributed by atoms with Gasteiger partial charge in [0.1, 0.15) is 18.0 Å². The molecule has 6 nitrogen and oxygen atoms in total. The molecule has 0 fully saturated rings. The van der Waals surface area contributed by atoms with E-state index in [-0.39, 0.29) is 11.2 Å². The Morgan fingerprint density at radius 1 is 1.03 bits per heavy atom. The lowest BCUT2D eigenvalue weighted by molar-refractivity contribution is -0.115. The van der Waals surface area contributed by atoms with Gasteiger partial charge in [-0.2, -0.15) is 11.8 Å². The molecule has 2 rings (SSSR count). The Hall–Kier alpha value is -2.67. The Kier molecular flexibility index (Phi) is 9.05. The van der Waals surface area contributed by atoms with E-state index in [1.165, 1.54) is 11.8 Å². The molecule has 2 aromatic rings. The lowest BCUT2D eigenvalue weighted by Gasteiger charge is -2.20. The fourth-order valence-electron chi connectivity index (χ4n) is 2.57. The van der Waals surface area contributed by atoms with Gasteiger partial charge in [0.05, 0.1) is 5.25 Å². The van der Waals surface area contributed by atoms with E-state index in [0.717, 1.165) is 11.3 Å². The van der Waals surface area contributed by atoms with Gasteiger partial charge in [-0.3, -0.25) is 4.79 Å². The molecule has 7 heteroatoms. The number of anilines is 1. The van der Waals surface area contributed by atoms with E-state index in [4.69, 9.17) is 9.47 Å². The molecule has 0 aliphatic heterocycles. The Balaban J connectivity index is 1.78. The van der Waals surface area contributed by atoms with Crippen molar-refractivity contribution in [1.82, 2.24) is 5.32 Å². The van der Waals surface area contributed by atoms with E-state index in [1.807, 2.05) is 81.6 Å². The van der Waals surface area contributed by atoms with Gasteiger partial charge in [-0.25, -0.2) is 4.79 Å². The lowest BCUT2D eigenvalue weighted by atomic mass is 10.2. The molecule has 0 aliphatic rings. The highest BCUT2D eigenvalue weighted by molar-refractivity contribution is 7.99. The van der Waals surface area contributed by atoms with Crippen LogP contribution in [0, 0.1) is 0 Å². The van der Waals surface area contributed by atoms with Crippen molar-refractivity contribution in [3.8, 4) is 5.75 Å². The molecular formula is C23H30N2O4S. The second-order valence-corrected chi connectivity index (χ2v) is 8.77. The van der Waals surface area contributed by atoms with Crippen LogP contribution in [0.4, 0.5) is 10.5 Å². The highest BCUT2D eigenvalue weighted by Gasteiger charge is 2.19. The maximum Gasteiger partial charge on any atom is 0.407 e. The standard InChI is InChI=1S/C23H30N2O4S/c1-23(2,3)29-22(27)24-15-14-20(30-4)21(26)25-18-10-12-19(13-11-18)28-16-17-8-6-5-7-9-17/h5-13,20H,14-16H2,1-4H3,(H,24,27)(H,25,26)/t20-/m0/s1. The van der Waals surface area contributed by atoms with Crippen LogP contribution in [0.25, 0.3) is 0 Å². The summed E-state index contributed by atoms with van der Waals surface area (Å²) < 4.78 is 11.0. The largest absolute Gasteiger partial charge is 0.489 e. The lowest BCUT2D eigenvalue weighted by Crippen LogP contribution is -2.35. The molecule has 0 saturated carbocycles. The molecule has 0 aromatic heterocycles. The van der Waals surface area contributed by atoms with Crippen molar-refractivity contribution in [1.29, 1.82) is 0 Å². The Labute approximate surface area is 182 Å². The van der Waals surface area contributed by atoms with E-state index < -0.39 is 11.7 Å². The molecule has 2 N–H and O–H groups in total. The Bertz CT molecular complexity index is 804. The number of thioether (sulfide) groups is 1. The van der Waals surface area contributed by atoms with Crippen LogP contribution in [0.1, 0.15) is 32.8 Å². The summed E-state index contributed by atoms with van der Waals surface area (Å²) in [5, 5.41) is 5.31. The molecule has 0 radical (unpaired) electrons. The maximum atomic E-state index is 12.5. The minimum Gasteiger partial charge on any atom is -0.489 e. The summed E-state index contributed by atoms with van der Waals surface area (Å²) in [4.78, 5) is 24.2. The minimum atomic E-state index is -0.544. The van der Waals surface area contributed by atoms with Crippen LogP contribution >= 0.6 is 11.8 Å². The second-order valence-electron chi connectivity index (χ2n) is 7.73. The van der Waals surface area contributed by atoms with Crippen molar-refractivity contribution in [3.63, 3.8) is 0 Å². The van der Waals surface area contributed by atoms with Crippen LogP contribution < -0.4 is 15.4 Å². The maximum absolute atomic E-state index is 12.5. The van der Waals surface area contributed by atoms with Crippen molar-refractivity contribution < 1.29 is 19.1 Å². The van der Waals surface area contributed by atoms with Gasteiger partial charge in [0.2, 0.25) is 5.91 Å². The number of amides is 2. The zero-order chi connectivity index (χ0) is 22.0. The van der Waals surface area contributed by atoms with Crippen LogP contribution in [0.5, 0.6) is 5.75 Å². The van der Waals surface area contributed by atoms with Gasteiger partial charge < -0.3 is 20.1 Å². The van der Waals surface area contributed by atoms with Crippen molar-refractivity contribution in [2.45, 2.75) is 44.6 Å². The van der Waals surface area contributed by atoms with Gasteiger partial charge in [0.15, 0.2) is 0 Å². The zero-order valence-corrected chi connectivity index (χ0v) is 18.8. The summed E-state index contributed by atoms with van der Waals surface area (Å²) in [6.45, 7) is 6.28. The first-order chi connectivity index (χ1) is 14.3. The van der Waals surface area contributed by atoms with Crippen LogP contribution in [0.2, 0.25) is 0 Å². The fraction of sp³-hybridized carbons (Fsp3) is 0.391. The zero-order valence-electron chi connectivity index (χ0n) is 17.9. The summed E-state index contributed by atoms with van der Waals surface area (Å²) in [5.41, 5.74) is 1.25. The van der Waals surface area contributed by atoms with Gasteiger partial charge in [-0.15, -0.1) is 0 Å². The Morgan fingerprint density at radius 2 is 1.70 bits per heavy atom. The van der Waals surface area contributed by atoms with Crippen molar-refractivity contribution in [2.75, 3.05) is 18.1 Å². The average Bonchev–Trinajstić information content (AvgIpc) is 2.70. The number of carbonyl (C=O) groups excluding carboxylic acids is 2. The SMILES string of the molecule is CS[C@@H](CCNC(=O)OC(C)(C)C)C(=O)Nc1ccc(OCc2ccccc2)cc1. The monoisotopic (exact) mass is 430 g/mol. The molecular weight excluding hydrogens is 400 g/mol. The van der Waals surface area contributed by atoms with Crippen LogP contribution in [-0.4, -0.2) is 35.7 Å². The molecule has 30 heavy (non-hydrogen) atoms. The average molecular weight is 431 g/mol. The van der Waals surface area contributed by atoms with E-state index in [0.29, 0.717) is 25.3 Å². The predicted octanol–water partition coefficient (Wildman–Crippen LogP) is 4.85. The van der Waals surface area contributed by atoms with E-state index >= 15 is 0 Å². The summed E-state index contributed by atoms with van der Waals surface area (Å²) in [6, 6.07) is 17.2. The number of hydrogen-bond donors (Lipinski definition) is 2. The third kappa shape index (κ3) is 8.78. The molecule has 0 aliphatic carbocycles. The molecule has 0 saturated heterocycles. The van der Waals surface area contributed by atoms with E-state index in [9.17, 15) is 9.59 Å². The number of ether oxygens (including phenoxy) is 2. The molecule has 2 amide bonds.